The van der Waals surface area contributed by atoms with Gasteiger partial charge in [-0.3, -0.25) is 4.79 Å². The zero-order valence-electron chi connectivity index (χ0n) is 14.8. The van der Waals surface area contributed by atoms with Gasteiger partial charge in [0.1, 0.15) is 5.75 Å². The smallest absolute Gasteiger partial charge is 0.227 e. The Kier molecular flexibility index (Phi) is 5.28. The molecule has 26 heavy (non-hydrogen) atoms. The maximum Gasteiger partial charge on any atom is 0.227 e. The van der Waals surface area contributed by atoms with E-state index in [9.17, 15) is 13.2 Å². The number of amides is 1. The van der Waals surface area contributed by atoms with Gasteiger partial charge in [-0.25, -0.2) is 18.1 Å². The quantitative estimate of drug-likeness (QED) is 0.793. The van der Waals surface area contributed by atoms with Gasteiger partial charge in [-0.05, 0) is 17.7 Å². The molecule has 1 aromatic carbocycles. The van der Waals surface area contributed by atoms with Crippen molar-refractivity contribution in [1.29, 1.82) is 0 Å². The van der Waals surface area contributed by atoms with E-state index in [-0.39, 0.29) is 24.9 Å². The number of ether oxygens (including phenoxy) is 1. The summed E-state index contributed by atoms with van der Waals surface area (Å²) in [6.07, 6.45) is 4.76. The second-order valence-corrected chi connectivity index (χ2v) is 8.20. The molecule has 0 bridgehead atoms. The van der Waals surface area contributed by atoms with E-state index in [0.29, 0.717) is 18.8 Å². The number of methoxy groups -OCH3 is 1. The predicted molar refractivity (Wildman–Crippen MR) is 96.2 cm³/mol. The molecule has 9 heteroatoms. The summed E-state index contributed by atoms with van der Waals surface area (Å²) in [5.74, 6) is 0.692. The molecule has 0 unspecified atom stereocenters. The number of nitrogens with one attached hydrogen (secondary N) is 1. The van der Waals surface area contributed by atoms with Gasteiger partial charge in [0, 0.05) is 19.3 Å². The normalized spacial score (nSPS) is 17.0. The van der Waals surface area contributed by atoms with Crippen molar-refractivity contribution in [2.75, 3.05) is 26.5 Å². The van der Waals surface area contributed by atoms with Gasteiger partial charge in [0.15, 0.2) is 0 Å². The largest absolute Gasteiger partial charge is 0.497 e. The highest BCUT2D eigenvalue weighted by atomic mass is 32.2. The van der Waals surface area contributed by atoms with Crippen LogP contribution in [0.4, 0.5) is 0 Å². The first-order valence-corrected chi connectivity index (χ1v) is 10.1. The van der Waals surface area contributed by atoms with Crippen molar-refractivity contribution in [2.24, 2.45) is 0 Å². The number of benzene rings is 1. The predicted octanol–water partition coefficient (Wildman–Crippen LogP) is 0.567. The minimum Gasteiger partial charge on any atom is -0.497 e. The van der Waals surface area contributed by atoms with Crippen LogP contribution in [-0.4, -0.2) is 55.2 Å². The first-order valence-electron chi connectivity index (χ1n) is 8.22. The summed E-state index contributed by atoms with van der Waals surface area (Å²) in [6, 6.07) is 7.23. The van der Waals surface area contributed by atoms with E-state index < -0.39 is 10.0 Å². The van der Waals surface area contributed by atoms with Crippen LogP contribution in [0.5, 0.6) is 5.75 Å². The molecule has 3 rings (SSSR count). The highest BCUT2D eigenvalue weighted by Crippen LogP contribution is 2.22. The van der Waals surface area contributed by atoms with E-state index in [1.807, 2.05) is 28.8 Å². The number of carbonyl (C=O) groups excluding carboxylic acids is 1. The number of imidazole rings is 1. The van der Waals surface area contributed by atoms with E-state index in [0.717, 1.165) is 17.5 Å². The minimum atomic E-state index is -3.30. The molecule has 0 spiro atoms. The van der Waals surface area contributed by atoms with Gasteiger partial charge in [-0.1, -0.05) is 12.1 Å². The molecule has 1 N–H and O–H groups in total. The summed E-state index contributed by atoms with van der Waals surface area (Å²) in [5.41, 5.74) is 1.76. The summed E-state index contributed by atoms with van der Waals surface area (Å²) in [5, 5.41) is 0. The molecule has 1 aliphatic rings. The average molecular weight is 378 g/mol. The number of aromatic nitrogens is 2. The highest BCUT2D eigenvalue weighted by molar-refractivity contribution is 7.88. The van der Waals surface area contributed by atoms with Crippen LogP contribution < -0.4 is 9.46 Å². The first-order chi connectivity index (χ1) is 12.4. The fourth-order valence-corrected chi connectivity index (χ4v) is 3.55. The van der Waals surface area contributed by atoms with Crippen LogP contribution in [-0.2, 0) is 27.8 Å². The molecule has 0 saturated heterocycles. The Hall–Kier alpha value is -2.39. The van der Waals surface area contributed by atoms with Crippen LogP contribution in [0.1, 0.15) is 17.3 Å². The number of hydrogen-bond donors (Lipinski definition) is 1. The molecule has 2 aromatic rings. The van der Waals surface area contributed by atoms with Crippen LogP contribution in [0.25, 0.3) is 0 Å². The second-order valence-electron chi connectivity index (χ2n) is 6.37. The SMILES string of the molecule is COc1cccc(CC(=O)N2Cc3cncn3[C@@H](CNS(C)(=O)=O)C2)c1. The lowest BCUT2D eigenvalue weighted by molar-refractivity contribution is -0.132. The number of fused-ring (bicyclic) bond motifs is 1. The van der Waals surface area contributed by atoms with Gasteiger partial charge in [-0.15, -0.1) is 0 Å². The summed E-state index contributed by atoms with van der Waals surface area (Å²) >= 11 is 0. The van der Waals surface area contributed by atoms with Gasteiger partial charge in [0.2, 0.25) is 15.9 Å². The third-order valence-electron chi connectivity index (χ3n) is 4.35. The van der Waals surface area contributed by atoms with Crippen molar-refractivity contribution in [3.05, 3.63) is 48.0 Å². The minimum absolute atomic E-state index is 0.0185. The number of rotatable bonds is 6. The Morgan fingerprint density at radius 1 is 1.42 bits per heavy atom. The Labute approximate surface area is 152 Å². The lowest BCUT2D eigenvalue weighted by atomic mass is 10.1. The zero-order chi connectivity index (χ0) is 18.7. The maximum absolute atomic E-state index is 12.8. The molecule has 140 valence electrons. The third kappa shape index (κ3) is 4.41. The Balaban J connectivity index is 1.73. The standard InChI is InChI=1S/C17H22N4O4S/c1-25-16-5-3-4-13(6-16)7-17(22)20-10-14-8-18-12-21(14)15(11-20)9-19-26(2,23)24/h3-6,8,12,15,19H,7,9-11H2,1-2H3/t15-/m0/s1. The Morgan fingerprint density at radius 2 is 2.23 bits per heavy atom. The zero-order valence-corrected chi connectivity index (χ0v) is 15.6. The van der Waals surface area contributed by atoms with Gasteiger partial charge in [-0.2, -0.15) is 0 Å². The topological polar surface area (TPSA) is 93.5 Å². The molecule has 0 aliphatic carbocycles. The monoisotopic (exact) mass is 378 g/mol. The van der Waals surface area contributed by atoms with Crippen LogP contribution in [0.2, 0.25) is 0 Å². The molecular weight excluding hydrogens is 356 g/mol. The van der Waals surface area contributed by atoms with Gasteiger partial charge in [0.25, 0.3) is 0 Å². The van der Waals surface area contributed by atoms with E-state index in [4.69, 9.17) is 4.74 Å². The van der Waals surface area contributed by atoms with E-state index in [1.54, 1.807) is 24.5 Å². The van der Waals surface area contributed by atoms with Gasteiger partial charge >= 0.3 is 0 Å². The molecule has 1 atom stereocenters. The summed E-state index contributed by atoms with van der Waals surface area (Å²) in [6.45, 7) is 1.10. The molecule has 0 saturated carbocycles. The van der Waals surface area contributed by atoms with Crippen molar-refractivity contribution in [2.45, 2.75) is 19.0 Å². The molecule has 1 amide bonds. The van der Waals surface area contributed by atoms with Crippen LogP contribution in [0.3, 0.4) is 0 Å². The van der Waals surface area contributed by atoms with Crippen LogP contribution >= 0.6 is 0 Å². The van der Waals surface area contributed by atoms with E-state index >= 15 is 0 Å². The molecule has 1 aliphatic heterocycles. The molecule has 8 nitrogen and oxygen atoms in total. The fraction of sp³-hybridized carbons (Fsp3) is 0.412. The third-order valence-corrected chi connectivity index (χ3v) is 5.04. The maximum atomic E-state index is 12.8. The fourth-order valence-electron chi connectivity index (χ4n) is 3.06. The van der Waals surface area contributed by atoms with Crippen LogP contribution in [0, 0.1) is 0 Å². The molecular formula is C17H22N4O4S. The first kappa shape index (κ1) is 18.4. The molecule has 0 radical (unpaired) electrons. The van der Waals surface area contributed by atoms with Crippen molar-refractivity contribution in [1.82, 2.24) is 19.2 Å². The lowest BCUT2D eigenvalue weighted by Gasteiger charge is -2.34. The van der Waals surface area contributed by atoms with Crippen LogP contribution in [0.15, 0.2) is 36.8 Å². The average Bonchev–Trinajstić information content (AvgIpc) is 3.07. The summed E-state index contributed by atoms with van der Waals surface area (Å²) in [7, 11) is -1.71. The highest BCUT2D eigenvalue weighted by Gasteiger charge is 2.28. The second kappa shape index (κ2) is 7.46. The number of nitrogens with zero attached hydrogens (tertiary/aromatic N) is 3. The molecule has 1 aromatic heterocycles. The molecule has 0 fully saturated rings. The molecule has 2 heterocycles. The Morgan fingerprint density at radius 3 is 2.96 bits per heavy atom. The van der Waals surface area contributed by atoms with Gasteiger partial charge in [0.05, 0.1) is 44.4 Å². The number of hydrogen-bond acceptors (Lipinski definition) is 5. The number of carbonyl (C=O) groups is 1. The van der Waals surface area contributed by atoms with Crippen molar-refractivity contribution in [3.8, 4) is 5.75 Å². The van der Waals surface area contributed by atoms with Crippen molar-refractivity contribution >= 4 is 15.9 Å². The lowest BCUT2D eigenvalue weighted by Crippen LogP contribution is -2.45. The van der Waals surface area contributed by atoms with E-state index in [1.165, 1.54) is 0 Å². The summed E-state index contributed by atoms with van der Waals surface area (Å²) in [4.78, 5) is 18.6. The van der Waals surface area contributed by atoms with Gasteiger partial charge < -0.3 is 14.2 Å². The summed E-state index contributed by atoms with van der Waals surface area (Å²) < 4.78 is 32.5. The van der Waals surface area contributed by atoms with E-state index in [2.05, 4.69) is 9.71 Å². The Bertz CT molecular complexity index is 894. The van der Waals surface area contributed by atoms with Crippen molar-refractivity contribution in [3.63, 3.8) is 0 Å². The number of sulfonamides is 1. The van der Waals surface area contributed by atoms with Crippen molar-refractivity contribution < 1.29 is 17.9 Å².